The van der Waals surface area contributed by atoms with Crippen LogP contribution in [0, 0.1) is 6.92 Å². The standard InChI is InChI=1S/C16H23N3O3/c1-12-9-14(22-17-12)10-15(20)18-7-8-19(16(21)11-18)13-5-3-2-4-6-13/h9,13H,2-8,10-11H2,1H3. The van der Waals surface area contributed by atoms with Crippen molar-refractivity contribution in [3.05, 3.63) is 17.5 Å². The molecule has 2 heterocycles. The summed E-state index contributed by atoms with van der Waals surface area (Å²) in [6.45, 7) is 3.30. The first kappa shape index (κ1) is 15.1. The average molecular weight is 305 g/mol. The fourth-order valence-electron chi connectivity index (χ4n) is 3.44. The number of aryl methyl sites for hydroxylation is 1. The molecule has 3 rings (SSSR count). The van der Waals surface area contributed by atoms with Crippen LogP contribution < -0.4 is 0 Å². The van der Waals surface area contributed by atoms with E-state index < -0.39 is 0 Å². The third-order valence-corrected chi connectivity index (χ3v) is 4.63. The smallest absolute Gasteiger partial charge is 0.242 e. The van der Waals surface area contributed by atoms with E-state index >= 15 is 0 Å². The van der Waals surface area contributed by atoms with Crippen molar-refractivity contribution in [2.45, 2.75) is 51.5 Å². The average Bonchev–Trinajstić information content (AvgIpc) is 2.93. The van der Waals surface area contributed by atoms with Gasteiger partial charge in [-0.3, -0.25) is 9.59 Å². The van der Waals surface area contributed by atoms with Crippen molar-refractivity contribution >= 4 is 11.8 Å². The summed E-state index contributed by atoms with van der Waals surface area (Å²) in [7, 11) is 0. The highest BCUT2D eigenvalue weighted by Gasteiger charge is 2.32. The number of piperazine rings is 1. The Bertz CT molecular complexity index is 549. The molecule has 1 aliphatic heterocycles. The highest BCUT2D eigenvalue weighted by Crippen LogP contribution is 2.24. The molecule has 0 N–H and O–H groups in total. The molecule has 6 nitrogen and oxygen atoms in total. The Morgan fingerprint density at radius 2 is 2.09 bits per heavy atom. The molecule has 0 radical (unpaired) electrons. The number of hydrogen-bond donors (Lipinski definition) is 0. The van der Waals surface area contributed by atoms with Gasteiger partial charge in [-0.25, -0.2) is 0 Å². The third kappa shape index (κ3) is 3.31. The van der Waals surface area contributed by atoms with Crippen LogP contribution in [0.3, 0.4) is 0 Å². The van der Waals surface area contributed by atoms with Gasteiger partial charge in [0.25, 0.3) is 0 Å². The zero-order valence-electron chi connectivity index (χ0n) is 13.1. The largest absolute Gasteiger partial charge is 0.361 e. The summed E-state index contributed by atoms with van der Waals surface area (Å²) in [4.78, 5) is 28.3. The maximum absolute atomic E-state index is 12.4. The lowest BCUT2D eigenvalue weighted by atomic mass is 9.93. The maximum Gasteiger partial charge on any atom is 0.242 e. The first-order chi connectivity index (χ1) is 10.6. The van der Waals surface area contributed by atoms with Crippen LogP contribution in [0.25, 0.3) is 0 Å². The van der Waals surface area contributed by atoms with Crippen LogP contribution >= 0.6 is 0 Å². The van der Waals surface area contributed by atoms with Crippen LogP contribution in [-0.2, 0) is 16.0 Å². The number of rotatable bonds is 3. The summed E-state index contributed by atoms with van der Waals surface area (Å²) >= 11 is 0. The lowest BCUT2D eigenvalue weighted by molar-refractivity contribution is -0.147. The topological polar surface area (TPSA) is 66.7 Å². The lowest BCUT2D eigenvalue weighted by Crippen LogP contribution is -2.56. The summed E-state index contributed by atoms with van der Waals surface area (Å²) < 4.78 is 5.08. The van der Waals surface area contributed by atoms with Gasteiger partial charge in [-0.2, -0.15) is 0 Å². The lowest BCUT2D eigenvalue weighted by Gasteiger charge is -2.40. The molecule has 1 aromatic heterocycles. The van der Waals surface area contributed by atoms with Gasteiger partial charge in [0.2, 0.25) is 11.8 Å². The van der Waals surface area contributed by atoms with Crippen molar-refractivity contribution in [1.29, 1.82) is 0 Å². The van der Waals surface area contributed by atoms with E-state index in [1.807, 2.05) is 11.8 Å². The second kappa shape index (κ2) is 6.50. The summed E-state index contributed by atoms with van der Waals surface area (Å²) in [5.41, 5.74) is 0.765. The minimum atomic E-state index is -0.0622. The molecule has 1 aliphatic carbocycles. The van der Waals surface area contributed by atoms with Gasteiger partial charge in [0.15, 0.2) is 0 Å². The maximum atomic E-state index is 12.4. The first-order valence-corrected chi connectivity index (χ1v) is 8.13. The van der Waals surface area contributed by atoms with E-state index in [0.717, 1.165) is 18.5 Å². The molecule has 22 heavy (non-hydrogen) atoms. The molecule has 1 saturated heterocycles. The molecule has 0 spiro atoms. The van der Waals surface area contributed by atoms with Crippen LogP contribution in [0.15, 0.2) is 10.6 Å². The summed E-state index contributed by atoms with van der Waals surface area (Å²) in [6.07, 6.45) is 6.09. The van der Waals surface area contributed by atoms with Crippen LogP contribution in [0.2, 0.25) is 0 Å². The van der Waals surface area contributed by atoms with Gasteiger partial charge in [-0.15, -0.1) is 0 Å². The van der Waals surface area contributed by atoms with Crippen LogP contribution in [0.4, 0.5) is 0 Å². The molecule has 0 bridgehead atoms. The predicted octanol–water partition coefficient (Wildman–Crippen LogP) is 1.53. The molecular weight excluding hydrogens is 282 g/mol. The molecule has 2 fully saturated rings. The molecule has 2 amide bonds. The Morgan fingerprint density at radius 3 is 2.73 bits per heavy atom. The van der Waals surface area contributed by atoms with Gasteiger partial charge in [-0.05, 0) is 19.8 Å². The second-order valence-electron chi connectivity index (χ2n) is 6.31. The molecule has 1 aromatic rings. The molecule has 2 aliphatic rings. The van der Waals surface area contributed by atoms with Crippen molar-refractivity contribution in [3.8, 4) is 0 Å². The zero-order chi connectivity index (χ0) is 15.5. The Kier molecular flexibility index (Phi) is 4.45. The number of carbonyl (C=O) groups excluding carboxylic acids is 2. The van der Waals surface area contributed by atoms with Crippen molar-refractivity contribution < 1.29 is 14.1 Å². The van der Waals surface area contributed by atoms with Gasteiger partial charge < -0.3 is 14.3 Å². The Balaban J connectivity index is 1.55. The molecule has 120 valence electrons. The first-order valence-electron chi connectivity index (χ1n) is 8.13. The number of nitrogens with zero attached hydrogens (tertiary/aromatic N) is 3. The van der Waals surface area contributed by atoms with Crippen LogP contribution in [-0.4, -0.2) is 52.4 Å². The van der Waals surface area contributed by atoms with Crippen LogP contribution in [0.5, 0.6) is 0 Å². The van der Waals surface area contributed by atoms with E-state index in [1.54, 1.807) is 11.0 Å². The predicted molar refractivity (Wildman–Crippen MR) is 80.1 cm³/mol. The van der Waals surface area contributed by atoms with E-state index in [-0.39, 0.29) is 24.8 Å². The monoisotopic (exact) mass is 305 g/mol. The quantitative estimate of drug-likeness (QED) is 0.849. The van der Waals surface area contributed by atoms with Crippen molar-refractivity contribution in [1.82, 2.24) is 15.0 Å². The Morgan fingerprint density at radius 1 is 1.32 bits per heavy atom. The van der Waals surface area contributed by atoms with E-state index in [4.69, 9.17) is 4.52 Å². The number of aromatic nitrogens is 1. The molecule has 0 aromatic carbocycles. The van der Waals surface area contributed by atoms with E-state index in [2.05, 4.69) is 5.16 Å². The van der Waals surface area contributed by atoms with E-state index in [0.29, 0.717) is 24.9 Å². The highest BCUT2D eigenvalue weighted by atomic mass is 16.5. The van der Waals surface area contributed by atoms with Crippen molar-refractivity contribution in [2.75, 3.05) is 19.6 Å². The third-order valence-electron chi connectivity index (χ3n) is 4.63. The zero-order valence-corrected chi connectivity index (χ0v) is 13.1. The van der Waals surface area contributed by atoms with E-state index in [9.17, 15) is 9.59 Å². The van der Waals surface area contributed by atoms with Crippen molar-refractivity contribution in [3.63, 3.8) is 0 Å². The molecule has 6 heteroatoms. The van der Waals surface area contributed by atoms with Gasteiger partial charge >= 0.3 is 0 Å². The minimum Gasteiger partial charge on any atom is -0.361 e. The van der Waals surface area contributed by atoms with E-state index in [1.165, 1.54) is 19.3 Å². The van der Waals surface area contributed by atoms with Gasteiger partial charge in [-0.1, -0.05) is 24.4 Å². The van der Waals surface area contributed by atoms with Gasteiger partial charge in [0.05, 0.1) is 18.7 Å². The normalized spacial score (nSPS) is 20.5. The summed E-state index contributed by atoms with van der Waals surface area (Å²) in [6, 6.07) is 2.15. The van der Waals surface area contributed by atoms with Crippen LogP contribution in [0.1, 0.15) is 43.6 Å². The minimum absolute atomic E-state index is 0.0622. The molecule has 0 unspecified atom stereocenters. The Hall–Kier alpha value is -1.85. The summed E-state index contributed by atoms with van der Waals surface area (Å²) in [5, 5.41) is 3.78. The molecule has 1 saturated carbocycles. The number of carbonyl (C=O) groups is 2. The fourth-order valence-corrected chi connectivity index (χ4v) is 3.44. The fraction of sp³-hybridized carbons (Fsp3) is 0.688. The highest BCUT2D eigenvalue weighted by molar-refractivity contribution is 5.86. The summed E-state index contributed by atoms with van der Waals surface area (Å²) in [5.74, 6) is 0.581. The number of hydrogen-bond acceptors (Lipinski definition) is 4. The van der Waals surface area contributed by atoms with Crippen molar-refractivity contribution in [2.24, 2.45) is 0 Å². The van der Waals surface area contributed by atoms with Gasteiger partial charge in [0, 0.05) is 25.2 Å². The molecular formula is C16H23N3O3. The second-order valence-corrected chi connectivity index (χ2v) is 6.31. The Labute approximate surface area is 130 Å². The molecule has 0 atom stereocenters. The number of amides is 2. The van der Waals surface area contributed by atoms with Gasteiger partial charge in [0.1, 0.15) is 5.76 Å². The SMILES string of the molecule is Cc1cc(CC(=O)N2CCN(C3CCCCC3)C(=O)C2)on1.